The van der Waals surface area contributed by atoms with Crippen LogP contribution in [0.25, 0.3) is 11.1 Å². The number of ether oxygens (including phenoxy) is 1. The van der Waals surface area contributed by atoms with E-state index in [0.717, 1.165) is 5.56 Å². The summed E-state index contributed by atoms with van der Waals surface area (Å²) in [5.41, 5.74) is 2.02. The Balaban J connectivity index is 1.82. The molecular weight excluding hydrogens is 320 g/mol. The summed E-state index contributed by atoms with van der Waals surface area (Å²) in [6.45, 7) is 0.162. The topological polar surface area (TPSA) is 87.0 Å². The van der Waals surface area contributed by atoms with Crippen molar-refractivity contribution in [1.29, 1.82) is 0 Å². The molecule has 0 unspecified atom stereocenters. The van der Waals surface area contributed by atoms with Crippen molar-refractivity contribution in [3.63, 3.8) is 0 Å². The van der Waals surface area contributed by atoms with E-state index in [9.17, 15) is 20.1 Å². The average Bonchev–Trinajstić information content (AvgIpc) is 2.65. The molecule has 5 nitrogen and oxygen atoms in total. The van der Waals surface area contributed by atoms with Crippen LogP contribution in [0.4, 0.5) is 0 Å². The lowest BCUT2D eigenvalue weighted by atomic mass is 10.0. The number of hydrogen-bond acceptors (Lipinski definition) is 5. The minimum absolute atomic E-state index is 0.162. The lowest BCUT2D eigenvalue weighted by molar-refractivity contribution is 0.0472. The molecular formula is C20H16O5. The Morgan fingerprint density at radius 1 is 0.840 bits per heavy atom. The van der Waals surface area contributed by atoms with E-state index in [2.05, 4.69) is 0 Å². The Kier molecular flexibility index (Phi) is 4.57. The van der Waals surface area contributed by atoms with Crippen molar-refractivity contribution in [2.24, 2.45) is 0 Å². The molecule has 3 N–H and O–H groups in total. The van der Waals surface area contributed by atoms with Crippen LogP contribution in [-0.2, 0) is 11.3 Å². The first-order valence-electron chi connectivity index (χ1n) is 7.61. The van der Waals surface area contributed by atoms with Crippen LogP contribution in [0.15, 0.2) is 66.7 Å². The molecule has 5 heteroatoms. The summed E-state index contributed by atoms with van der Waals surface area (Å²) in [5, 5.41) is 29.0. The Labute approximate surface area is 144 Å². The van der Waals surface area contributed by atoms with E-state index in [1.807, 2.05) is 30.3 Å². The highest BCUT2D eigenvalue weighted by molar-refractivity contribution is 5.91. The van der Waals surface area contributed by atoms with Gasteiger partial charge >= 0.3 is 5.97 Å². The normalized spacial score (nSPS) is 10.4. The number of rotatable bonds is 4. The predicted octanol–water partition coefficient (Wildman–Crippen LogP) is 3.83. The van der Waals surface area contributed by atoms with Crippen molar-refractivity contribution in [1.82, 2.24) is 0 Å². The predicted molar refractivity (Wildman–Crippen MR) is 92.4 cm³/mol. The van der Waals surface area contributed by atoms with Gasteiger partial charge in [0.1, 0.15) is 6.61 Å². The fraction of sp³-hybridized carbons (Fsp3) is 0.0500. The van der Waals surface area contributed by atoms with Gasteiger partial charge in [-0.1, -0.05) is 42.5 Å². The first kappa shape index (κ1) is 16.4. The van der Waals surface area contributed by atoms with Gasteiger partial charge in [-0.3, -0.25) is 0 Å². The van der Waals surface area contributed by atoms with Gasteiger partial charge in [0, 0.05) is 5.56 Å². The van der Waals surface area contributed by atoms with E-state index >= 15 is 0 Å². The summed E-state index contributed by atoms with van der Waals surface area (Å²) in [6.07, 6.45) is 0. The van der Waals surface area contributed by atoms with Gasteiger partial charge in [-0.2, -0.15) is 0 Å². The molecule has 25 heavy (non-hydrogen) atoms. The monoisotopic (exact) mass is 336 g/mol. The number of esters is 1. The van der Waals surface area contributed by atoms with E-state index < -0.39 is 23.2 Å². The van der Waals surface area contributed by atoms with Crippen molar-refractivity contribution < 1.29 is 24.9 Å². The maximum Gasteiger partial charge on any atom is 0.338 e. The second-order valence-corrected chi connectivity index (χ2v) is 5.47. The zero-order valence-electron chi connectivity index (χ0n) is 13.2. The first-order chi connectivity index (χ1) is 12.1. The highest BCUT2D eigenvalue weighted by Crippen LogP contribution is 2.42. The standard InChI is InChI=1S/C20H16O5/c21-17-10-9-16(18(22)19(17)23)14-7-4-8-15(11-14)20(24)25-12-13-5-2-1-3-6-13/h1-11,21-23H,12H2. The molecule has 0 aliphatic carbocycles. The number of benzene rings is 3. The fourth-order valence-corrected chi connectivity index (χ4v) is 2.42. The van der Waals surface area contributed by atoms with Gasteiger partial charge in [0.05, 0.1) is 5.56 Å². The second-order valence-electron chi connectivity index (χ2n) is 5.47. The van der Waals surface area contributed by atoms with E-state index in [-0.39, 0.29) is 6.61 Å². The zero-order valence-corrected chi connectivity index (χ0v) is 13.2. The molecule has 0 bridgehead atoms. The van der Waals surface area contributed by atoms with Crippen LogP contribution in [0, 0.1) is 0 Å². The van der Waals surface area contributed by atoms with Crippen molar-refractivity contribution in [2.75, 3.05) is 0 Å². The molecule has 3 rings (SSSR count). The maximum atomic E-state index is 12.2. The van der Waals surface area contributed by atoms with Crippen molar-refractivity contribution in [3.05, 3.63) is 77.9 Å². The Morgan fingerprint density at radius 3 is 2.36 bits per heavy atom. The van der Waals surface area contributed by atoms with Crippen molar-refractivity contribution in [2.45, 2.75) is 6.61 Å². The van der Waals surface area contributed by atoms with Crippen LogP contribution in [0.2, 0.25) is 0 Å². The molecule has 3 aromatic carbocycles. The summed E-state index contributed by atoms with van der Waals surface area (Å²) < 4.78 is 5.29. The lowest BCUT2D eigenvalue weighted by Crippen LogP contribution is -2.05. The van der Waals surface area contributed by atoms with E-state index in [1.165, 1.54) is 12.1 Å². The summed E-state index contributed by atoms with van der Waals surface area (Å²) in [7, 11) is 0. The fourth-order valence-electron chi connectivity index (χ4n) is 2.42. The molecule has 0 aliphatic heterocycles. The lowest BCUT2D eigenvalue weighted by Gasteiger charge is -2.10. The van der Waals surface area contributed by atoms with E-state index in [4.69, 9.17) is 4.74 Å². The van der Waals surface area contributed by atoms with E-state index in [1.54, 1.807) is 24.3 Å². The van der Waals surface area contributed by atoms with Crippen LogP contribution in [0.3, 0.4) is 0 Å². The molecule has 0 spiro atoms. The molecule has 0 radical (unpaired) electrons. The van der Waals surface area contributed by atoms with Gasteiger partial charge in [-0.25, -0.2) is 4.79 Å². The number of phenolic OH excluding ortho intramolecular Hbond substituents is 3. The molecule has 0 atom stereocenters. The molecule has 126 valence electrons. The van der Waals surface area contributed by atoms with E-state index in [0.29, 0.717) is 16.7 Å². The van der Waals surface area contributed by atoms with Gasteiger partial charge in [0.25, 0.3) is 0 Å². The third-order valence-electron chi connectivity index (χ3n) is 3.75. The maximum absolute atomic E-state index is 12.2. The molecule has 0 heterocycles. The zero-order chi connectivity index (χ0) is 17.8. The average molecular weight is 336 g/mol. The summed E-state index contributed by atoms with van der Waals surface area (Å²) in [6, 6.07) is 18.6. The third-order valence-corrected chi connectivity index (χ3v) is 3.75. The number of hydrogen-bond donors (Lipinski definition) is 3. The van der Waals surface area contributed by atoms with Crippen LogP contribution >= 0.6 is 0 Å². The molecule has 3 aromatic rings. The molecule has 0 saturated heterocycles. The van der Waals surface area contributed by atoms with Gasteiger partial charge in [-0.15, -0.1) is 0 Å². The first-order valence-corrected chi connectivity index (χ1v) is 7.61. The number of carbonyl (C=O) groups excluding carboxylic acids is 1. The largest absolute Gasteiger partial charge is 0.504 e. The molecule has 0 saturated carbocycles. The summed E-state index contributed by atoms with van der Waals surface area (Å²) in [4.78, 5) is 12.2. The van der Waals surface area contributed by atoms with Gasteiger partial charge in [0.2, 0.25) is 5.75 Å². The Bertz CT molecular complexity index is 903. The van der Waals surface area contributed by atoms with Crippen molar-refractivity contribution >= 4 is 5.97 Å². The highest BCUT2D eigenvalue weighted by atomic mass is 16.5. The molecule has 0 aliphatic rings. The summed E-state index contributed by atoms with van der Waals surface area (Å²) >= 11 is 0. The Hall–Kier alpha value is -3.47. The summed E-state index contributed by atoms with van der Waals surface area (Å²) in [5.74, 6) is -1.96. The number of phenols is 3. The Morgan fingerprint density at radius 2 is 1.60 bits per heavy atom. The second kappa shape index (κ2) is 6.97. The minimum Gasteiger partial charge on any atom is -0.504 e. The van der Waals surface area contributed by atoms with Crippen LogP contribution in [0.1, 0.15) is 15.9 Å². The van der Waals surface area contributed by atoms with Gasteiger partial charge in [-0.05, 0) is 35.4 Å². The number of aromatic hydroxyl groups is 3. The van der Waals surface area contributed by atoms with Crippen molar-refractivity contribution in [3.8, 4) is 28.4 Å². The van der Waals surface area contributed by atoms with Crippen LogP contribution < -0.4 is 0 Å². The van der Waals surface area contributed by atoms with Crippen LogP contribution in [0.5, 0.6) is 17.2 Å². The minimum atomic E-state index is -0.602. The molecule has 0 fully saturated rings. The molecule has 0 amide bonds. The molecule has 0 aromatic heterocycles. The van der Waals surface area contributed by atoms with Gasteiger partial charge in [0.15, 0.2) is 11.5 Å². The SMILES string of the molecule is O=C(OCc1ccccc1)c1cccc(-c2ccc(O)c(O)c2O)c1. The quantitative estimate of drug-likeness (QED) is 0.498. The van der Waals surface area contributed by atoms with Gasteiger partial charge < -0.3 is 20.1 Å². The third kappa shape index (κ3) is 3.55. The smallest absolute Gasteiger partial charge is 0.338 e. The highest BCUT2D eigenvalue weighted by Gasteiger charge is 2.15. The van der Waals surface area contributed by atoms with Crippen LogP contribution in [-0.4, -0.2) is 21.3 Å². The number of carbonyl (C=O) groups is 1.